The third kappa shape index (κ3) is 2.84. The van der Waals surface area contributed by atoms with E-state index in [9.17, 15) is 4.79 Å². The second-order valence-corrected chi connectivity index (χ2v) is 7.64. The number of rotatable bonds is 4. The van der Waals surface area contributed by atoms with Crippen molar-refractivity contribution in [1.29, 1.82) is 0 Å². The fourth-order valence-electron chi connectivity index (χ4n) is 3.83. The first-order chi connectivity index (χ1) is 10.5. The highest BCUT2D eigenvalue weighted by molar-refractivity contribution is 7.97. The monoisotopic (exact) mass is 320 g/mol. The molecule has 0 aromatic heterocycles. The zero-order chi connectivity index (χ0) is 15.7. The van der Waals surface area contributed by atoms with Crippen LogP contribution in [-0.4, -0.2) is 31.0 Å². The van der Waals surface area contributed by atoms with Gasteiger partial charge in [-0.25, -0.2) is 4.79 Å². The number of amides is 2. The lowest BCUT2D eigenvalue weighted by Gasteiger charge is -2.54. The van der Waals surface area contributed by atoms with Crippen LogP contribution in [-0.2, 0) is 10.5 Å². The summed E-state index contributed by atoms with van der Waals surface area (Å²) in [5, 5.41) is 6.10. The van der Waals surface area contributed by atoms with Crippen LogP contribution in [0.25, 0.3) is 0 Å². The molecule has 1 aromatic rings. The average Bonchev–Trinajstić information content (AvgIpc) is 2.92. The lowest BCUT2D eigenvalue weighted by atomic mass is 9.57. The molecular weight excluding hydrogens is 296 g/mol. The molecule has 0 radical (unpaired) electrons. The quantitative estimate of drug-likeness (QED) is 0.893. The first-order valence-corrected chi connectivity index (χ1v) is 9.19. The smallest absolute Gasteiger partial charge is 0.319 e. The molecule has 1 aromatic carbocycles. The minimum Gasteiger partial charge on any atom is -0.377 e. The maximum Gasteiger partial charge on any atom is 0.319 e. The molecule has 2 N–H and O–H groups in total. The second kappa shape index (κ2) is 6.13. The number of ether oxygens (including phenoxy) is 1. The van der Waals surface area contributed by atoms with Crippen LogP contribution >= 0.6 is 11.8 Å². The van der Waals surface area contributed by atoms with Gasteiger partial charge in [-0.15, -0.1) is 0 Å². The van der Waals surface area contributed by atoms with E-state index in [1.54, 1.807) is 11.8 Å². The Morgan fingerprint density at radius 2 is 2.27 bits per heavy atom. The van der Waals surface area contributed by atoms with Crippen molar-refractivity contribution in [3.8, 4) is 0 Å². The molecule has 2 amide bonds. The summed E-state index contributed by atoms with van der Waals surface area (Å²) >= 11 is 1.77. The van der Waals surface area contributed by atoms with Gasteiger partial charge in [0.25, 0.3) is 0 Å². The van der Waals surface area contributed by atoms with E-state index in [-0.39, 0.29) is 17.5 Å². The van der Waals surface area contributed by atoms with Crippen LogP contribution in [0.2, 0.25) is 0 Å². The highest BCUT2D eigenvalue weighted by Crippen LogP contribution is 2.52. The Kier molecular flexibility index (Phi) is 4.37. The Hall–Kier alpha value is -1.20. The molecule has 0 unspecified atom stereocenters. The van der Waals surface area contributed by atoms with Crippen molar-refractivity contribution < 1.29 is 9.53 Å². The average molecular weight is 320 g/mol. The number of carbonyl (C=O) groups is 1. The highest BCUT2D eigenvalue weighted by atomic mass is 32.2. The predicted molar refractivity (Wildman–Crippen MR) is 91.2 cm³/mol. The van der Waals surface area contributed by atoms with Crippen LogP contribution in [0.5, 0.6) is 0 Å². The van der Waals surface area contributed by atoms with Crippen LogP contribution < -0.4 is 10.6 Å². The van der Waals surface area contributed by atoms with Crippen molar-refractivity contribution in [3.63, 3.8) is 0 Å². The zero-order valence-electron chi connectivity index (χ0n) is 13.4. The predicted octanol–water partition coefficient (Wildman–Crippen LogP) is 3.48. The summed E-state index contributed by atoms with van der Waals surface area (Å²) in [6, 6.07) is 8.09. The van der Waals surface area contributed by atoms with Gasteiger partial charge in [0.1, 0.15) is 0 Å². The van der Waals surface area contributed by atoms with E-state index >= 15 is 0 Å². The van der Waals surface area contributed by atoms with Gasteiger partial charge in [-0.2, -0.15) is 11.8 Å². The lowest BCUT2D eigenvalue weighted by Crippen LogP contribution is -2.67. The van der Waals surface area contributed by atoms with E-state index in [2.05, 4.69) is 36.8 Å². The molecule has 22 heavy (non-hydrogen) atoms. The number of fused-ring (bicyclic) bond motifs is 1. The maximum absolute atomic E-state index is 12.3. The molecule has 3 rings (SSSR count). The lowest BCUT2D eigenvalue weighted by molar-refractivity contribution is -0.107. The second-order valence-electron chi connectivity index (χ2n) is 6.77. The Bertz CT molecular complexity index is 561. The molecule has 2 fully saturated rings. The summed E-state index contributed by atoms with van der Waals surface area (Å²) in [7, 11) is 0. The Morgan fingerprint density at radius 1 is 1.45 bits per heavy atom. The van der Waals surface area contributed by atoms with Gasteiger partial charge >= 0.3 is 6.03 Å². The summed E-state index contributed by atoms with van der Waals surface area (Å²) in [5.41, 5.74) is 2.08. The normalized spacial score (nSPS) is 28.6. The molecule has 3 atom stereocenters. The van der Waals surface area contributed by atoms with Gasteiger partial charge in [-0.05, 0) is 30.4 Å². The van der Waals surface area contributed by atoms with Gasteiger partial charge in [0.05, 0.1) is 6.10 Å². The van der Waals surface area contributed by atoms with Crippen LogP contribution in [0.4, 0.5) is 10.5 Å². The summed E-state index contributed by atoms with van der Waals surface area (Å²) in [6.07, 6.45) is 3.41. The molecule has 1 aliphatic carbocycles. The van der Waals surface area contributed by atoms with E-state index in [0.717, 1.165) is 24.5 Å². The van der Waals surface area contributed by atoms with Gasteiger partial charge in [-0.3, -0.25) is 0 Å². The molecule has 1 aliphatic heterocycles. The molecule has 120 valence electrons. The van der Waals surface area contributed by atoms with Gasteiger partial charge in [-0.1, -0.05) is 26.0 Å². The number of urea groups is 1. The van der Waals surface area contributed by atoms with Gasteiger partial charge < -0.3 is 15.4 Å². The van der Waals surface area contributed by atoms with Crippen LogP contribution in [0.15, 0.2) is 24.3 Å². The molecule has 0 bridgehead atoms. The van der Waals surface area contributed by atoms with Crippen molar-refractivity contribution in [2.75, 3.05) is 18.2 Å². The molecule has 1 heterocycles. The Labute approximate surface area is 136 Å². The first-order valence-electron chi connectivity index (χ1n) is 7.79. The number of nitrogens with one attached hydrogen (secondary N) is 2. The molecule has 1 saturated carbocycles. The van der Waals surface area contributed by atoms with E-state index in [4.69, 9.17) is 4.74 Å². The number of carbonyl (C=O) groups excluding carboxylic acids is 1. The van der Waals surface area contributed by atoms with Crippen LogP contribution in [0.1, 0.15) is 25.8 Å². The Balaban J connectivity index is 1.60. The topological polar surface area (TPSA) is 50.4 Å². The van der Waals surface area contributed by atoms with E-state index < -0.39 is 0 Å². The zero-order valence-corrected chi connectivity index (χ0v) is 14.2. The number of hydrogen-bond acceptors (Lipinski definition) is 3. The van der Waals surface area contributed by atoms with Crippen LogP contribution in [0.3, 0.4) is 0 Å². The van der Waals surface area contributed by atoms with E-state index in [0.29, 0.717) is 12.0 Å². The Morgan fingerprint density at radius 3 is 3.05 bits per heavy atom. The maximum atomic E-state index is 12.3. The molecule has 2 aliphatic rings. The minimum absolute atomic E-state index is 0.0131. The fourth-order valence-corrected chi connectivity index (χ4v) is 4.34. The summed E-state index contributed by atoms with van der Waals surface area (Å²) in [4.78, 5) is 12.3. The summed E-state index contributed by atoms with van der Waals surface area (Å²) in [6.45, 7) is 5.16. The highest BCUT2D eigenvalue weighted by Gasteiger charge is 2.59. The minimum atomic E-state index is -0.121. The third-order valence-corrected chi connectivity index (χ3v) is 5.50. The van der Waals surface area contributed by atoms with Crippen molar-refractivity contribution in [1.82, 2.24) is 5.32 Å². The van der Waals surface area contributed by atoms with Crippen molar-refractivity contribution >= 4 is 23.5 Å². The number of anilines is 1. The molecular formula is C17H24N2O2S. The fraction of sp³-hybridized carbons (Fsp3) is 0.588. The number of thioether (sulfide) groups is 1. The van der Waals surface area contributed by atoms with Gasteiger partial charge in [0, 0.05) is 35.4 Å². The standard InChI is InChI=1S/C17H24N2O2S/c1-17(2)14(13-7-8-21-15(13)17)19-16(20)18-12-6-4-5-11(9-12)10-22-3/h4-6,9,13-15H,7-8,10H2,1-3H3,(H2,18,19,20)/t13-,14-,15-/m1/s1. The van der Waals surface area contributed by atoms with Crippen molar-refractivity contribution in [2.45, 2.75) is 38.2 Å². The molecule has 5 heteroatoms. The van der Waals surface area contributed by atoms with Crippen molar-refractivity contribution in [3.05, 3.63) is 29.8 Å². The number of hydrogen-bond donors (Lipinski definition) is 2. The summed E-state index contributed by atoms with van der Waals surface area (Å²) in [5.74, 6) is 1.41. The SMILES string of the molecule is CSCc1cccc(NC(=O)N[C@@H]2[C@H]3CCO[C@H]3C2(C)C)c1. The van der Waals surface area contributed by atoms with E-state index in [1.165, 1.54) is 5.56 Å². The van der Waals surface area contributed by atoms with Gasteiger partial charge in [0.2, 0.25) is 0 Å². The van der Waals surface area contributed by atoms with E-state index in [1.807, 2.05) is 18.2 Å². The number of benzene rings is 1. The summed E-state index contributed by atoms with van der Waals surface area (Å²) < 4.78 is 5.77. The van der Waals surface area contributed by atoms with Crippen molar-refractivity contribution in [2.24, 2.45) is 11.3 Å². The van der Waals surface area contributed by atoms with Gasteiger partial charge in [0.15, 0.2) is 0 Å². The third-order valence-electron chi connectivity index (χ3n) is 4.88. The molecule has 4 nitrogen and oxygen atoms in total. The molecule has 0 spiro atoms. The largest absolute Gasteiger partial charge is 0.377 e. The van der Waals surface area contributed by atoms with Crippen LogP contribution in [0, 0.1) is 11.3 Å². The molecule has 1 saturated heterocycles. The first kappa shape index (κ1) is 15.7.